The van der Waals surface area contributed by atoms with E-state index in [9.17, 15) is 5.26 Å². The van der Waals surface area contributed by atoms with Crippen LogP contribution in [0, 0.1) is 18.3 Å². The van der Waals surface area contributed by atoms with Crippen molar-refractivity contribution in [2.45, 2.75) is 26.2 Å². The monoisotopic (exact) mass is 440 g/mol. The van der Waals surface area contributed by atoms with Crippen LogP contribution in [0.2, 0.25) is 0 Å². The molecule has 166 valence electrons. The van der Waals surface area contributed by atoms with Crippen LogP contribution in [0.3, 0.4) is 0 Å². The van der Waals surface area contributed by atoms with Crippen LogP contribution in [-0.2, 0) is 5.41 Å². The number of nitrogens with one attached hydrogen (secondary N) is 1. The standard InChI is InChI=1S/C24H24N8O/c1-15-21(23-32-31-22(33-23)16-4-6-18(7-5-16)27-11-9-25)30-19(13-29-15)17-8-10-28-20(12-17)24(2,3)14-26/h4-8,10,12-13,27H,9,11,25H2,1-3H3. The van der Waals surface area contributed by atoms with Gasteiger partial charge in [-0.05, 0) is 57.2 Å². The molecule has 3 aromatic heterocycles. The highest BCUT2D eigenvalue weighted by Gasteiger charge is 2.22. The molecule has 4 aromatic rings. The first kappa shape index (κ1) is 22.0. The van der Waals surface area contributed by atoms with Crippen LogP contribution in [0.15, 0.2) is 53.2 Å². The van der Waals surface area contributed by atoms with Gasteiger partial charge in [0.05, 0.1) is 34.8 Å². The lowest BCUT2D eigenvalue weighted by molar-refractivity contribution is 0.581. The number of benzene rings is 1. The predicted molar refractivity (Wildman–Crippen MR) is 125 cm³/mol. The summed E-state index contributed by atoms with van der Waals surface area (Å²) in [6.07, 6.45) is 3.35. The van der Waals surface area contributed by atoms with E-state index in [1.807, 2.05) is 57.2 Å². The van der Waals surface area contributed by atoms with E-state index < -0.39 is 5.41 Å². The topological polar surface area (TPSA) is 139 Å². The summed E-state index contributed by atoms with van der Waals surface area (Å²) in [5, 5.41) is 21.0. The fourth-order valence-corrected chi connectivity index (χ4v) is 3.16. The number of hydrogen-bond donors (Lipinski definition) is 2. The van der Waals surface area contributed by atoms with Crippen molar-refractivity contribution in [3.8, 4) is 40.4 Å². The number of aryl methyl sites for hydroxylation is 1. The van der Waals surface area contributed by atoms with Gasteiger partial charge in [0.25, 0.3) is 5.89 Å². The van der Waals surface area contributed by atoms with Gasteiger partial charge < -0.3 is 15.5 Å². The lowest BCUT2D eigenvalue weighted by Crippen LogP contribution is -2.15. The van der Waals surface area contributed by atoms with E-state index in [2.05, 4.69) is 31.6 Å². The van der Waals surface area contributed by atoms with Gasteiger partial charge in [0.15, 0.2) is 0 Å². The van der Waals surface area contributed by atoms with Crippen LogP contribution in [-0.4, -0.2) is 38.2 Å². The molecule has 0 bridgehead atoms. The number of hydrogen-bond acceptors (Lipinski definition) is 9. The van der Waals surface area contributed by atoms with Crippen molar-refractivity contribution in [1.82, 2.24) is 25.1 Å². The maximum absolute atomic E-state index is 9.43. The Balaban J connectivity index is 1.64. The molecule has 0 aliphatic heterocycles. The van der Waals surface area contributed by atoms with Crippen molar-refractivity contribution in [3.05, 3.63) is 60.2 Å². The molecule has 0 saturated carbocycles. The lowest BCUT2D eigenvalue weighted by Gasteiger charge is -2.15. The van der Waals surface area contributed by atoms with Gasteiger partial charge in [0.1, 0.15) is 5.69 Å². The third-order valence-electron chi connectivity index (χ3n) is 5.16. The Hall–Kier alpha value is -4.16. The molecular weight excluding hydrogens is 416 g/mol. The highest BCUT2D eigenvalue weighted by molar-refractivity contribution is 5.64. The number of rotatable bonds is 7. The number of nitrogens with two attached hydrogens (primary N) is 1. The fraction of sp³-hybridized carbons (Fsp3) is 0.250. The quantitative estimate of drug-likeness (QED) is 0.440. The molecule has 9 nitrogen and oxygen atoms in total. The maximum Gasteiger partial charge on any atom is 0.268 e. The van der Waals surface area contributed by atoms with E-state index in [4.69, 9.17) is 15.1 Å². The predicted octanol–water partition coefficient (Wildman–Crippen LogP) is 3.74. The summed E-state index contributed by atoms with van der Waals surface area (Å²) in [4.78, 5) is 13.5. The molecular formula is C24H24N8O. The Morgan fingerprint density at radius 3 is 2.55 bits per heavy atom. The average molecular weight is 441 g/mol. The van der Waals surface area contributed by atoms with Gasteiger partial charge in [-0.3, -0.25) is 9.97 Å². The summed E-state index contributed by atoms with van der Waals surface area (Å²) < 4.78 is 5.92. The van der Waals surface area contributed by atoms with Gasteiger partial charge >= 0.3 is 0 Å². The molecule has 9 heteroatoms. The number of aromatic nitrogens is 5. The Morgan fingerprint density at radius 2 is 1.82 bits per heavy atom. The molecule has 3 heterocycles. The normalized spacial score (nSPS) is 11.2. The molecule has 0 radical (unpaired) electrons. The minimum absolute atomic E-state index is 0.286. The van der Waals surface area contributed by atoms with E-state index in [0.29, 0.717) is 41.8 Å². The third kappa shape index (κ3) is 4.71. The second-order valence-corrected chi connectivity index (χ2v) is 8.06. The fourth-order valence-electron chi connectivity index (χ4n) is 3.16. The van der Waals surface area contributed by atoms with Crippen molar-refractivity contribution in [2.24, 2.45) is 5.73 Å². The SMILES string of the molecule is Cc1ncc(-c2ccnc(C(C)(C)C#N)c2)nc1-c1nnc(-c2ccc(NCCN)cc2)o1. The van der Waals surface area contributed by atoms with Crippen LogP contribution >= 0.6 is 0 Å². The average Bonchev–Trinajstić information content (AvgIpc) is 3.33. The highest BCUT2D eigenvalue weighted by Crippen LogP contribution is 2.29. The number of nitriles is 1. The molecule has 0 unspecified atom stereocenters. The molecule has 0 aliphatic carbocycles. The Labute approximate surface area is 191 Å². The number of pyridine rings is 1. The first-order valence-electron chi connectivity index (χ1n) is 10.5. The first-order valence-corrected chi connectivity index (χ1v) is 10.5. The molecule has 0 amide bonds. The maximum atomic E-state index is 9.43. The van der Waals surface area contributed by atoms with Gasteiger partial charge in [0, 0.05) is 36.1 Å². The minimum Gasteiger partial charge on any atom is -0.415 e. The van der Waals surface area contributed by atoms with Crippen molar-refractivity contribution in [2.75, 3.05) is 18.4 Å². The van der Waals surface area contributed by atoms with E-state index >= 15 is 0 Å². The van der Waals surface area contributed by atoms with E-state index in [0.717, 1.165) is 16.8 Å². The summed E-state index contributed by atoms with van der Waals surface area (Å²) in [5.41, 5.74) is 9.84. The largest absolute Gasteiger partial charge is 0.415 e. The Bertz CT molecular complexity index is 1300. The molecule has 4 rings (SSSR count). The van der Waals surface area contributed by atoms with E-state index in [-0.39, 0.29) is 5.89 Å². The van der Waals surface area contributed by atoms with Crippen LogP contribution in [0.1, 0.15) is 25.2 Å². The minimum atomic E-state index is -0.715. The molecule has 3 N–H and O–H groups in total. The second-order valence-electron chi connectivity index (χ2n) is 8.06. The molecule has 0 spiro atoms. The van der Waals surface area contributed by atoms with Crippen LogP contribution in [0.4, 0.5) is 5.69 Å². The third-order valence-corrected chi connectivity index (χ3v) is 5.16. The first-order chi connectivity index (χ1) is 15.9. The van der Waals surface area contributed by atoms with Crippen LogP contribution in [0.25, 0.3) is 34.3 Å². The summed E-state index contributed by atoms with van der Waals surface area (Å²) in [7, 11) is 0. The number of anilines is 1. The smallest absolute Gasteiger partial charge is 0.268 e. The zero-order chi connectivity index (χ0) is 23.4. The lowest BCUT2D eigenvalue weighted by atomic mass is 9.90. The molecule has 0 aliphatic rings. The van der Waals surface area contributed by atoms with Crippen molar-refractivity contribution >= 4 is 5.69 Å². The summed E-state index contributed by atoms with van der Waals surface area (Å²) in [6.45, 7) is 6.75. The van der Waals surface area contributed by atoms with Gasteiger partial charge in [-0.1, -0.05) is 0 Å². The molecule has 33 heavy (non-hydrogen) atoms. The van der Waals surface area contributed by atoms with E-state index in [1.54, 1.807) is 12.4 Å². The van der Waals surface area contributed by atoms with E-state index in [1.165, 1.54) is 0 Å². The molecule has 1 aromatic carbocycles. The summed E-state index contributed by atoms with van der Waals surface area (Å²) in [5.74, 6) is 0.678. The number of nitrogens with zero attached hydrogens (tertiary/aromatic N) is 6. The van der Waals surface area contributed by atoms with Gasteiger partial charge in [0.2, 0.25) is 5.89 Å². The summed E-state index contributed by atoms with van der Waals surface area (Å²) >= 11 is 0. The zero-order valence-electron chi connectivity index (χ0n) is 18.7. The van der Waals surface area contributed by atoms with Gasteiger partial charge in [-0.25, -0.2) is 4.98 Å². The Morgan fingerprint density at radius 1 is 1.06 bits per heavy atom. The zero-order valence-corrected chi connectivity index (χ0v) is 18.7. The van der Waals surface area contributed by atoms with Crippen molar-refractivity contribution in [3.63, 3.8) is 0 Å². The molecule has 0 saturated heterocycles. The van der Waals surface area contributed by atoms with Crippen molar-refractivity contribution in [1.29, 1.82) is 5.26 Å². The van der Waals surface area contributed by atoms with Crippen molar-refractivity contribution < 1.29 is 4.42 Å². The molecule has 0 atom stereocenters. The second kappa shape index (κ2) is 9.14. The van der Waals surface area contributed by atoms with Gasteiger partial charge in [-0.15, -0.1) is 10.2 Å². The Kier molecular flexibility index (Phi) is 6.11. The molecule has 0 fully saturated rings. The summed E-state index contributed by atoms with van der Waals surface area (Å²) in [6, 6.07) is 13.6. The van der Waals surface area contributed by atoms with Crippen LogP contribution in [0.5, 0.6) is 0 Å². The van der Waals surface area contributed by atoms with Crippen LogP contribution < -0.4 is 11.1 Å². The highest BCUT2D eigenvalue weighted by atomic mass is 16.4. The van der Waals surface area contributed by atoms with Gasteiger partial charge in [-0.2, -0.15) is 5.26 Å².